The fraction of sp³-hybridized carbons (Fsp3) is 0.103. The zero-order chi connectivity index (χ0) is 27.4. The summed E-state index contributed by atoms with van der Waals surface area (Å²) in [5.74, 6) is 1.72. The minimum atomic E-state index is -3.82. The van der Waals surface area contributed by atoms with Gasteiger partial charge in [0.1, 0.15) is 17.3 Å². The molecule has 0 spiro atoms. The van der Waals surface area contributed by atoms with Crippen LogP contribution in [0, 0.1) is 0 Å². The zero-order valence-corrected chi connectivity index (χ0v) is 23.6. The van der Waals surface area contributed by atoms with Gasteiger partial charge in [0.05, 0.1) is 29.1 Å². The number of ether oxygens (including phenoxy) is 2. The molecule has 5 rings (SSSR count). The Morgan fingerprint density at radius 3 is 2.36 bits per heavy atom. The van der Waals surface area contributed by atoms with E-state index < -0.39 is 10.0 Å². The van der Waals surface area contributed by atoms with E-state index in [-0.39, 0.29) is 16.5 Å². The van der Waals surface area contributed by atoms with Crippen LogP contribution in [-0.2, 0) is 16.6 Å². The van der Waals surface area contributed by atoms with Crippen LogP contribution in [-0.4, -0.2) is 32.6 Å². The molecule has 0 atom stereocenters. The summed E-state index contributed by atoms with van der Waals surface area (Å²) in [5, 5.41) is 4.29. The monoisotopic (exact) mass is 604 g/mol. The van der Waals surface area contributed by atoms with Crippen molar-refractivity contribution in [2.45, 2.75) is 11.4 Å². The van der Waals surface area contributed by atoms with Crippen molar-refractivity contribution in [2.75, 3.05) is 24.3 Å². The second-order valence-electron chi connectivity index (χ2n) is 8.63. The molecule has 0 saturated carbocycles. The van der Waals surface area contributed by atoms with Crippen molar-refractivity contribution < 1.29 is 17.9 Å². The molecule has 2 N–H and O–H groups in total. The number of sulfonamides is 1. The predicted octanol–water partition coefficient (Wildman–Crippen LogP) is 6.49. The van der Waals surface area contributed by atoms with Gasteiger partial charge >= 0.3 is 0 Å². The second-order valence-corrected chi connectivity index (χ2v) is 11.2. The third kappa shape index (κ3) is 5.97. The van der Waals surface area contributed by atoms with Crippen molar-refractivity contribution in [2.24, 2.45) is 0 Å². The maximum Gasteiger partial charge on any atom is 0.262 e. The summed E-state index contributed by atoms with van der Waals surface area (Å²) >= 11 is 3.63. The fourth-order valence-electron chi connectivity index (χ4n) is 4.03. The van der Waals surface area contributed by atoms with Crippen LogP contribution in [0.3, 0.4) is 0 Å². The van der Waals surface area contributed by atoms with Crippen LogP contribution in [0.5, 0.6) is 11.6 Å². The summed E-state index contributed by atoms with van der Waals surface area (Å²) in [5.41, 5.74) is 3.74. The minimum absolute atomic E-state index is 0.149. The van der Waals surface area contributed by atoms with Gasteiger partial charge in [0.2, 0.25) is 5.88 Å². The lowest BCUT2D eigenvalue weighted by molar-refractivity contribution is 0.400. The summed E-state index contributed by atoms with van der Waals surface area (Å²) in [6.07, 6.45) is 1.65. The number of anilines is 2. The Morgan fingerprint density at radius 2 is 1.64 bits per heavy atom. The number of hydrogen-bond donors (Lipinski definition) is 2. The molecule has 2 aromatic heterocycles. The first-order chi connectivity index (χ1) is 18.9. The highest BCUT2D eigenvalue weighted by molar-refractivity contribution is 9.10. The number of aromatic nitrogens is 2. The van der Waals surface area contributed by atoms with Gasteiger partial charge in [0.15, 0.2) is 0 Å². The molecular weight excluding hydrogens is 580 g/mol. The summed E-state index contributed by atoms with van der Waals surface area (Å²) < 4.78 is 39.8. The fourth-order valence-corrected chi connectivity index (χ4v) is 5.58. The highest BCUT2D eigenvalue weighted by atomic mass is 79.9. The Morgan fingerprint density at radius 1 is 0.872 bits per heavy atom. The van der Waals surface area contributed by atoms with Gasteiger partial charge in [0, 0.05) is 23.7 Å². The Kier molecular flexibility index (Phi) is 7.67. The topological polar surface area (TPSA) is 102 Å². The van der Waals surface area contributed by atoms with Crippen molar-refractivity contribution in [3.63, 3.8) is 0 Å². The summed E-state index contributed by atoms with van der Waals surface area (Å²) in [6.45, 7) is 0.609. The molecule has 0 aliphatic carbocycles. The van der Waals surface area contributed by atoms with Crippen LogP contribution in [0.15, 0.2) is 100 Å². The van der Waals surface area contributed by atoms with E-state index in [9.17, 15) is 8.42 Å². The normalized spacial score (nSPS) is 11.3. The lowest BCUT2D eigenvalue weighted by atomic mass is 10.0. The number of fused-ring (bicyclic) bond motifs is 1. The third-order valence-corrected chi connectivity index (χ3v) is 8.05. The molecule has 0 radical (unpaired) electrons. The first kappa shape index (κ1) is 26.5. The van der Waals surface area contributed by atoms with Gasteiger partial charge in [-0.2, -0.15) is 0 Å². The quantitative estimate of drug-likeness (QED) is 0.198. The van der Waals surface area contributed by atoms with Gasteiger partial charge in [0.25, 0.3) is 10.0 Å². The molecule has 2 heterocycles. The van der Waals surface area contributed by atoms with E-state index in [1.54, 1.807) is 37.6 Å². The number of pyridine rings is 2. The van der Waals surface area contributed by atoms with Crippen LogP contribution >= 0.6 is 15.9 Å². The first-order valence-corrected chi connectivity index (χ1v) is 14.2. The standard InChI is InChI=1S/C29H25BrN4O4S/c1-37-23-11-8-19(9-12-23)17-31-28-25(30)15-21-14-20(10-13-26(21)33-28)22-16-27(29(38-2)32-18-22)34-39(35,36)24-6-4-3-5-7-24/h3-16,18,34H,17H2,1-2H3,(H,31,33). The number of halogens is 1. The summed E-state index contributed by atoms with van der Waals surface area (Å²) in [7, 11) is -0.727. The minimum Gasteiger partial charge on any atom is -0.497 e. The van der Waals surface area contributed by atoms with Crippen LogP contribution < -0.4 is 19.5 Å². The highest BCUT2D eigenvalue weighted by Crippen LogP contribution is 2.33. The van der Waals surface area contributed by atoms with E-state index in [2.05, 4.69) is 31.0 Å². The molecule has 0 saturated heterocycles. The number of hydrogen-bond acceptors (Lipinski definition) is 7. The van der Waals surface area contributed by atoms with Crippen LogP contribution in [0.4, 0.5) is 11.5 Å². The average molecular weight is 606 g/mol. The molecule has 5 aromatic rings. The SMILES string of the molecule is COc1ccc(CNc2nc3ccc(-c4cnc(OC)c(NS(=O)(=O)c5ccccc5)c4)cc3cc2Br)cc1. The smallest absolute Gasteiger partial charge is 0.262 e. The van der Waals surface area contributed by atoms with Crippen LogP contribution in [0.25, 0.3) is 22.0 Å². The van der Waals surface area contributed by atoms with Gasteiger partial charge in [-0.1, -0.05) is 36.4 Å². The Hall–Kier alpha value is -4.15. The Bertz CT molecular complexity index is 1730. The Labute approximate surface area is 235 Å². The molecule has 8 nitrogen and oxygen atoms in total. The molecule has 0 aliphatic rings. The van der Waals surface area contributed by atoms with E-state index in [1.807, 2.05) is 48.5 Å². The molecule has 39 heavy (non-hydrogen) atoms. The number of rotatable bonds is 9. The van der Waals surface area contributed by atoms with Crippen LogP contribution in [0.1, 0.15) is 5.56 Å². The number of methoxy groups -OCH3 is 2. The van der Waals surface area contributed by atoms with Crippen molar-refractivity contribution >= 4 is 48.4 Å². The second kappa shape index (κ2) is 11.3. The van der Waals surface area contributed by atoms with Crippen molar-refractivity contribution in [3.05, 3.63) is 101 Å². The number of nitrogens with zero attached hydrogens (tertiary/aromatic N) is 2. The van der Waals surface area contributed by atoms with Crippen LogP contribution in [0.2, 0.25) is 0 Å². The molecule has 198 valence electrons. The predicted molar refractivity (Wildman–Crippen MR) is 157 cm³/mol. The van der Waals surface area contributed by atoms with Gasteiger partial charge in [-0.15, -0.1) is 0 Å². The van der Waals surface area contributed by atoms with Crippen molar-refractivity contribution in [1.82, 2.24) is 9.97 Å². The van der Waals surface area contributed by atoms with Crippen molar-refractivity contribution in [3.8, 4) is 22.8 Å². The van der Waals surface area contributed by atoms with Crippen molar-refractivity contribution in [1.29, 1.82) is 0 Å². The summed E-state index contributed by atoms with van der Waals surface area (Å²) in [4.78, 5) is 9.26. The van der Waals surface area contributed by atoms with Gasteiger partial charge in [-0.3, -0.25) is 4.72 Å². The molecule has 0 bridgehead atoms. The molecule has 0 amide bonds. The molecule has 3 aromatic carbocycles. The van der Waals surface area contributed by atoms with E-state index in [4.69, 9.17) is 14.5 Å². The maximum absolute atomic E-state index is 12.9. The summed E-state index contributed by atoms with van der Waals surface area (Å²) in [6, 6.07) is 25.6. The number of benzene rings is 3. The molecular formula is C29H25BrN4O4S. The van der Waals surface area contributed by atoms with Gasteiger partial charge in [-0.05, 0) is 75.6 Å². The largest absolute Gasteiger partial charge is 0.497 e. The number of nitrogens with one attached hydrogen (secondary N) is 2. The lowest BCUT2D eigenvalue weighted by Gasteiger charge is -2.13. The van der Waals surface area contributed by atoms with E-state index in [0.717, 1.165) is 43.6 Å². The van der Waals surface area contributed by atoms with Gasteiger partial charge in [-0.25, -0.2) is 18.4 Å². The highest BCUT2D eigenvalue weighted by Gasteiger charge is 2.18. The van der Waals surface area contributed by atoms with E-state index in [1.165, 1.54) is 19.2 Å². The third-order valence-electron chi connectivity index (χ3n) is 6.06. The zero-order valence-electron chi connectivity index (χ0n) is 21.2. The molecule has 0 unspecified atom stereocenters. The first-order valence-electron chi connectivity index (χ1n) is 12.0. The molecule has 0 fully saturated rings. The lowest BCUT2D eigenvalue weighted by Crippen LogP contribution is -2.14. The Balaban J connectivity index is 1.41. The average Bonchev–Trinajstić information content (AvgIpc) is 2.96. The van der Waals surface area contributed by atoms with E-state index in [0.29, 0.717) is 6.54 Å². The van der Waals surface area contributed by atoms with E-state index >= 15 is 0 Å². The molecule has 0 aliphatic heterocycles. The maximum atomic E-state index is 12.9. The molecule has 10 heteroatoms. The van der Waals surface area contributed by atoms with Gasteiger partial charge < -0.3 is 14.8 Å².